The number of aromatic hydroxyl groups is 1. The Morgan fingerprint density at radius 3 is 2.57 bits per heavy atom. The van der Waals surface area contributed by atoms with Gasteiger partial charge in [0.05, 0.1) is 11.6 Å². The van der Waals surface area contributed by atoms with Crippen molar-refractivity contribution < 1.29 is 5.11 Å². The van der Waals surface area contributed by atoms with Crippen LogP contribution in [0.4, 0.5) is 0 Å². The lowest BCUT2D eigenvalue weighted by molar-refractivity contribution is 0.371. The first-order chi connectivity index (χ1) is 6.51. The maximum atomic E-state index is 11.1. The zero-order chi connectivity index (χ0) is 10.8. The first kappa shape index (κ1) is 10.7. The van der Waals surface area contributed by atoms with Crippen molar-refractivity contribution in [3.8, 4) is 5.88 Å². The van der Waals surface area contributed by atoms with E-state index >= 15 is 0 Å². The molecule has 78 valence electrons. The van der Waals surface area contributed by atoms with Crippen LogP contribution in [0.25, 0.3) is 0 Å². The molecule has 5 heteroatoms. The van der Waals surface area contributed by atoms with Crippen molar-refractivity contribution in [2.45, 2.75) is 32.2 Å². The lowest BCUT2D eigenvalue weighted by atomic mass is 9.93. The monoisotopic (exact) mass is 197 g/mol. The molecule has 0 radical (unpaired) electrons. The fraction of sp³-hybridized carbons (Fsp3) is 0.556. The number of nitrogens with zero attached hydrogens (tertiary/aromatic N) is 1. The van der Waals surface area contributed by atoms with Gasteiger partial charge in [0.2, 0.25) is 5.88 Å². The van der Waals surface area contributed by atoms with Crippen LogP contribution in [-0.4, -0.2) is 15.1 Å². The Hall–Kier alpha value is -1.36. The van der Waals surface area contributed by atoms with Crippen LogP contribution in [0.3, 0.4) is 0 Å². The molecule has 0 aromatic carbocycles. The average Bonchev–Trinajstić information content (AvgIpc) is 2.15. The van der Waals surface area contributed by atoms with Crippen molar-refractivity contribution in [1.82, 2.24) is 9.97 Å². The number of hydrogen-bond donors (Lipinski definition) is 3. The van der Waals surface area contributed by atoms with Crippen LogP contribution in [0.15, 0.2) is 10.9 Å². The molecule has 0 amide bonds. The molecule has 1 aromatic heterocycles. The van der Waals surface area contributed by atoms with Crippen LogP contribution >= 0.6 is 0 Å². The number of nitrogens with one attached hydrogen (secondary N) is 1. The van der Waals surface area contributed by atoms with Crippen LogP contribution in [0.5, 0.6) is 5.88 Å². The highest BCUT2D eigenvalue weighted by Crippen LogP contribution is 2.22. The van der Waals surface area contributed by atoms with Gasteiger partial charge < -0.3 is 15.8 Å². The fourth-order valence-electron chi connectivity index (χ4n) is 1.27. The van der Waals surface area contributed by atoms with E-state index in [1.807, 2.05) is 13.8 Å². The molecule has 1 rings (SSSR count). The van der Waals surface area contributed by atoms with E-state index in [-0.39, 0.29) is 11.4 Å². The standard InChI is InChI=1S/C9H15N3O2/c1-3-9(10,4-2)8-11-6(13)5-7(14)12-8/h5H,3-4,10H2,1-2H3,(H2,11,12,13,14). The molecule has 0 unspecified atom stereocenters. The van der Waals surface area contributed by atoms with E-state index in [1.165, 1.54) is 0 Å². The molecule has 0 aliphatic rings. The van der Waals surface area contributed by atoms with Gasteiger partial charge in [-0.3, -0.25) is 4.79 Å². The molecule has 0 bridgehead atoms. The van der Waals surface area contributed by atoms with Crippen LogP contribution in [0.2, 0.25) is 0 Å². The smallest absolute Gasteiger partial charge is 0.254 e. The summed E-state index contributed by atoms with van der Waals surface area (Å²) in [6.45, 7) is 3.82. The minimum Gasteiger partial charge on any atom is -0.493 e. The Morgan fingerprint density at radius 2 is 2.14 bits per heavy atom. The van der Waals surface area contributed by atoms with Crippen LogP contribution in [0, 0.1) is 0 Å². The number of aromatic amines is 1. The molecule has 1 aromatic rings. The lowest BCUT2D eigenvalue weighted by Crippen LogP contribution is -2.38. The van der Waals surface area contributed by atoms with Gasteiger partial charge in [-0.1, -0.05) is 13.8 Å². The van der Waals surface area contributed by atoms with Crippen molar-refractivity contribution in [1.29, 1.82) is 0 Å². The largest absolute Gasteiger partial charge is 0.493 e. The third-order valence-corrected chi connectivity index (χ3v) is 2.46. The highest BCUT2D eigenvalue weighted by Gasteiger charge is 2.26. The van der Waals surface area contributed by atoms with E-state index in [0.29, 0.717) is 18.7 Å². The second-order valence-electron chi connectivity index (χ2n) is 3.32. The molecular weight excluding hydrogens is 182 g/mol. The van der Waals surface area contributed by atoms with Crippen molar-refractivity contribution >= 4 is 0 Å². The van der Waals surface area contributed by atoms with Crippen molar-refractivity contribution in [2.75, 3.05) is 0 Å². The normalized spacial score (nSPS) is 11.6. The van der Waals surface area contributed by atoms with E-state index in [9.17, 15) is 4.79 Å². The molecular formula is C9H15N3O2. The molecule has 0 aliphatic carbocycles. The van der Waals surface area contributed by atoms with Gasteiger partial charge in [-0.2, -0.15) is 4.98 Å². The number of aromatic nitrogens is 2. The highest BCUT2D eigenvalue weighted by molar-refractivity contribution is 5.12. The predicted molar refractivity (Wildman–Crippen MR) is 53.0 cm³/mol. The molecule has 0 spiro atoms. The quantitative estimate of drug-likeness (QED) is 0.656. The third kappa shape index (κ3) is 1.93. The molecule has 0 fully saturated rings. The van der Waals surface area contributed by atoms with Crippen molar-refractivity contribution in [3.63, 3.8) is 0 Å². The maximum Gasteiger partial charge on any atom is 0.254 e. The Morgan fingerprint density at radius 1 is 1.57 bits per heavy atom. The number of rotatable bonds is 3. The summed E-state index contributed by atoms with van der Waals surface area (Å²) < 4.78 is 0. The lowest BCUT2D eigenvalue weighted by Gasteiger charge is -2.24. The highest BCUT2D eigenvalue weighted by atomic mass is 16.3. The number of H-pyrrole nitrogens is 1. The third-order valence-electron chi connectivity index (χ3n) is 2.46. The summed E-state index contributed by atoms with van der Waals surface area (Å²) in [5, 5.41) is 9.16. The van der Waals surface area contributed by atoms with Gasteiger partial charge in [-0.25, -0.2) is 0 Å². The van der Waals surface area contributed by atoms with Gasteiger partial charge in [0.15, 0.2) is 0 Å². The fourth-order valence-corrected chi connectivity index (χ4v) is 1.27. The topological polar surface area (TPSA) is 92.0 Å². The Bertz CT molecular complexity index is 369. The minimum absolute atomic E-state index is 0.291. The van der Waals surface area contributed by atoms with Gasteiger partial charge in [0.1, 0.15) is 5.82 Å². The minimum atomic E-state index is -0.669. The van der Waals surface area contributed by atoms with Crippen LogP contribution < -0.4 is 11.3 Å². The summed E-state index contributed by atoms with van der Waals surface area (Å²) in [7, 11) is 0. The summed E-state index contributed by atoms with van der Waals surface area (Å²) in [6.07, 6.45) is 1.30. The molecule has 1 heterocycles. The summed E-state index contributed by atoms with van der Waals surface area (Å²) in [4.78, 5) is 17.4. The van der Waals surface area contributed by atoms with Crippen molar-refractivity contribution in [3.05, 3.63) is 22.2 Å². The molecule has 5 nitrogen and oxygen atoms in total. The molecule has 4 N–H and O–H groups in total. The molecule has 0 aliphatic heterocycles. The second-order valence-corrected chi connectivity index (χ2v) is 3.32. The SMILES string of the molecule is CCC(N)(CC)c1nc(O)cc(=O)[nH]1. The van der Waals surface area contributed by atoms with Crippen LogP contribution in [0.1, 0.15) is 32.5 Å². The molecule has 0 saturated carbocycles. The first-order valence-electron chi connectivity index (χ1n) is 4.61. The Balaban J connectivity index is 3.24. The zero-order valence-corrected chi connectivity index (χ0v) is 8.37. The van der Waals surface area contributed by atoms with Crippen LogP contribution in [-0.2, 0) is 5.54 Å². The molecule has 14 heavy (non-hydrogen) atoms. The molecule has 0 saturated heterocycles. The van der Waals surface area contributed by atoms with E-state index < -0.39 is 5.54 Å². The predicted octanol–water partition coefficient (Wildman–Crippen LogP) is 0.450. The second kappa shape index (κ2) is 3.79. The summed E-state index contributed by atoms with van der Waals surface area (Å²) in [5.41, 5.74) is 4.96. The average molecular weight is 197 g/mol. The van der Waals surface area contributed by atoms with Gasteiger partial charge in [0, 0.05) is 0 Å². The van der Waals surface area contributed by atoms with Gasteiger partial charge in [-0.15, -0.1) is 0 Å². The van der Waals surface area contributed by atoms with E-state index in [0.717, 1.165) is 6.07 Å². The number of nitrogens with two attached hydrogens (primary N) is 1. The first-order valence-corrected chi connectivity index (χ1v) is 4.61. The summed E-state index contributed by atoms with van der Waals surface area (Å²) in [6, 6.07) is 1.02. The maximum absolute atomic E-state index is 11.1. The van der Waals surface area contributed by atoms with Gasteiger partial charge in [0.25, 0.3) is 5.56 Å². The van der Waals surface area contributed by atoms with Crippen molar-refractivity contribution in [2.24, 2.45) is 5.73 Å². The molecule has 0 atom stereocenters. The van der Waals surface area contributed by atoms with Gasteiger partial charge in [-0.05, 0) is 12.8 Å². The Kier molecular flexibility index (Phi) is 2.90. The Labute approximate surface area is 82.0 Å². The summed E-state index contributed by atoms with van der Waals surface area (Å²) in [5.74, 6) is 0.0491. The summed E-state index contributed by atoms with van der Waals surface area (Å²) >= 11 is 0. The number of hydrogen-bond acceptors (Lipinski definition) is 4. The van der Waals surface area contributed by atoms with E-state index in [1.54, 1.807) is 0 Å². The zero-order valence-electron chi connectivity index (χ0n) is 8.37. The van der Waals surface area contributed by atoms with E-state index in [2.05, 4.69) is 9.97 Å². The van der Waals surface area contributed by atoms with E-state index in [4.69, 9.17) is 10.8 Å². The van der Waals surface area contributed by atoms with Gasteiger partial charge >= 0.3 is 0 Å².